The molecule has 0 spiro atoms. The summed E-state index contributed by atoms with van der Waals surface area (Å²) in [6.07, 6.45) is -4.16. The molecule has 1 aliphatic rings. The van der Waals surface area contributed by atoms with Crippen LogP contribution in [0.15, 0.2) is 0 Å². The zero-order valence-corrected chi connectivity index (χ0v) is 10.7. The Balaban J connectivity index is 0.00000256. The minimum atomic E-state index is -4.25. The van der Waals surface area contributed by atoms with E-state index < -0.39 is 17.6 Å². The quantitative estimate of drug-likeness (QED) is 0.837. The second-order valence-corrected chi connectivity index (χ2v) is 4.62. The standard InChI is InChI=1S/C10H17F3N2O.ClH/c1-9(2)7(10(11,12)13)4-6-15(9)8(16)3-5-14;/h7H,3-6,14H2,1-2H3;1H. The third-order valence-electron chi connectivity index (χ3n) is 3.24. The van der Waals surface area contributed by atoms with Crippen molar-refractivity contribution in [1.82, 2.24) is 4.90 Å². The van der Waals surface area contributed by atoms with Crippen molar-refractivity contribution in [3.8, 4) is 0 Å². The highest BCUT2D eigenvalue weighted by atomic mass is 35.5. The van der Waals surface area contributed by atoms with Gasteiger partial charge in [0.25, 0.3) is 0 Å². The summed E-state index contributed by atoms with van der Waals surface area (Å²) in [6.45, 7) is 3.26. The second-order valence-electron chi connectivity index (χ2n) is 4.62. The minimum absolute atomic E-state index is 0. The predicted molar refractivity (Wildman–Crippen MR) is 60.9 cm³/mol. The number of rotatable bonds is 2. The molecule has 0 saturated carbocycles. The summed E-state index contributed by atoms with van der Waals surface area (Å²) >= 11 is 0. The van der Waals surface area contributed by atoms with Gasteiger partial charge in [0.05, 0.1) is 5.92 Å². The van der Waals surface area contributed by atoms with Crippen molar-refractivity contribution < 1.29 is 18.0 Å². The average Bonchev–Trinajstić information content (AvgIpc) is 2.40. The monoisotopic (exact) mass is 274 g/mol. The number of hydrogen-bond donors (Lipinski definition) is 1. The van der Waals surface area contributed by atoms with Gasteiger partial charge in [0.1, 0.15) is 0 Å². The fraction of sp³-hybridized carbons (Fsp3) is 0.900. The van der Waals surface area contributed by atoms with Gasteiger partial charge in [-0.3, -0.25) is 4.79 Å². The molecule has 1 atom stereocenters. The van der Waals surface area contributed by atoms with E-state index in [4.69, 9.17) is 5.73 Å². The van der Waals surface area contributed by atoms with Crippen molar-refractivity contribution in [3.63, 3.8) is 0 Å². The molecule has 0 aliphatic carbocycles. The van der Waals surface area contributed by atoms with Crippen LogP contribution in [-0.2, 0) is 4.79 Å². The molecule has 1 heterocycles. The first-order valence-electron chi connectivity index (χ1n) is 5.28. The number of halogens is 4. The first-order valence-corrected chi connectivity index (χ1v) is 5.28. The lowest BCUT2D eigenvalue weighted by atomic mass is 9.88. The smallest absolute Gasteiger partial charge is 0.337 e. The summed E-state index contributed by atoms with van der Waals surface area (Å²) < 4.78 is 38.1. The van der Waals surface area contributed by atoms with E-state index in [0.29, 0.717) is 0 Å². The van der Waals surface area contributed by atoms with Crippen molar-refractivity contribution >= 4 is 18.3 Å². The maximum atomic E-state index is 12.7. The third-order valence-corrected chi connectivity index (χ3v) is 3.24. The normalized spacial score (nSPS) is 23.4. The Morgan fingerprint density at radius 2 is 2.00 bits per heavy atom. The highest BCUT2D eigenvalue weighted by Gasteiger charge is 2.55. The van der Waals surface area contributed by atoms with E-state index in [2.05, 4.69) is 0 Å². The number of likely N-dealkylation sites (tertiary alicyclic amines) is 1. The van der Waals surface area contributed by atoms with E-state index in [-0.39, 0.29) is 44.2 Å². The van der Waals surface area contributed by atoms with Crippen LogP contribution in [0.5, 0.6) is 0 Å². The molecule has 2 N–H and O–H groups in total. The van der Waals surface area contributed by atoms with Crippen LogP contribution in [0.4, 0.5) is 13.2 Å². The molecule has 1 rings (SSSR count). The highest BCUT2D eigenvalue weighted by Crippen LogP contribution is 2.44. The number of nitrogens with zero attached hydrogens (tertiary/aromatic N) is 1. The topological polar surface area (TPSA) is 46.3 Å². The molecule has 0 radical (unpaired) electrons. The summed E-state index contributed by atoms with van der Waals surface area (Å²) in [5.41, 5.74) is 4.07. The summed E-state index contributed by atoms with van der Waals surface area (Å²) in [6, 6.07) is 0. The Labute approximate surface area is 105 Å². The van der Waals surface area contributed by atoms with Gasteiger partial charge in [-0.1, -0.05) is 0 Å². The van der Waals surface area contributed by atoms with Crippen LogP contribution in [0.25, 0.3) is 0 Å². The summed E-state index contributed by atoms with van der Waals surface area (Å²) in [5, 5.41) is 0. The molecule has 1 aliphatic heterocycles. The molecule has 0 aromatic rings. The Kier molecular flexibility index (Phi) is 5.28. The molecule has 0 aromatic heterocycles. The van der Waals surface area contributed by atoms with Crippen LogP contribution in [0.1, 0.15) is 26.7 Å². The van der Waals surface area contributed by atoms with Gasteiger partial charge in [-0.15, -0.1) is 12.4 Å². The summed E-state index contributed by atoms with van der Waals surface area (Å²) in [4.78, 5) is 12.9. The molecule has 1 saturated heterocycles. The molecule has 1 amide bonds. The molecule has 1 unspecified atom stereocenters. The van der Waals surface area contributed by atoms with E-state index in [1.54, 1.807) is 0 Å². The van der Waals surface area contributed by atoms with E-state index in [0.717, 1.165) is 0 Å². The fourth-order valence-corrected chi connectivity index (χ4v) is 2.36. The van der Waals surface area contributed by atoms with Crippen LogP contribution < -0.4 is 5.73 Å². The molecule has 17 heavy (non-hydrogen) atoms. The maximum absolute atomic E-state index is 12.7. The zero-order valence-electron chi connectivity index (χ0n) is 9.88. The lowest BCUT2D eigenvalue weighted by Gasteiger charge is -2.36. The molecule has 1 fully saturated rings. The molecule has 0 aromatic carbocycles. The van der Waals surface area contributed by atoms with Crippen molar-refractivity contribution in [2.24, 2.45) is 11.7 Å². The average molecular weight is 275 g/mol. The second kappa shape index (κ2) is 5.44. The molecular formula is C10H18ClF3N2O. The number of amides is 1. The van der Waals surface area contributed by atoms with E-state index in [1.807, 2.05) is 0 Å². The first kappa shape index (κ1) is 16.5. The largest absolute Gasteiger partial charge is 0.394 e. The summed E-state index contributed by atoms with van der Waals surface area (Å²) in [7, 11) is 0. The van der Waals surface area contributed by atoms with Crippen LogP contribution in [0.2, 0.25) is 0 Å². The van der Waals surface area contributed by atoms with Gasteiger partial charge in [0, 0.05) is 25.0 Å². The highest BCUT2D eigenvalue weighted by molar-refractivity contribution is 5.85. The van der Waals surface area contributed by atoms with Gasteiger partial charge < -0.3 is 10.6 Å². The minimum Gasteiger partial charge on any atom is -0.337 e. The molecular weight excluding hydrogens is 257 g/mol. The number of carbonyl (C=O) groups excluding carboxylic acids is 1. The molecule has 7 heteroatoms. The van der Waals surface area contributed by atoms with E-state index in [1.165, 1.54) is 18.7 Å². The first-order chi connectivity index (χ1) is 7.21. The van der Waals surface area contributed by atoms with Gasteiger partial charge in [-0.05, 0) is 20.3 Å². The van der Waals surface area contributed by atoms with Gasteiger partial charge in [-0.25, -0.2) is 0 Å². The zero-order chi connectivity index (χ0) is 12.6. The molecule has 0 bridgehead atoms. The molecule has 3 nitrogen and oxygen atoms in total. The van der Waals surface area contributed by atoms with Crippen molar-refractivity contribution in [2.75, 3.05) is 13.1 Å². The van der Waals surface area contributed by atoms with Crippen molar-refractivity contribution in [3.05, 3.63) is 0 Å². The van der Waals surface area contributed by atoms with Crippen molar-refractivity contribution in [1.29, 1.82) is 0 Å². The van der Waals surface area contributed by atoms with Crippen molar-refractivity contribution in [2.45, 2.75) is 38.4 Å². The Morgan fingerprint density at radius 3 is 2.35 bits per heavy atom. The number of carbonyl (C=O) groups is 1. The Hall–Kier alpha value is -0.490. The fourth-order valence-electron chi connectivity index (χ4n) is 2.36. The lowest BCUT2D eigenvalue weighted by molar-refractivity contribution is -0.192. The number of alkyl halides is 3. The number of nitrogens with two attached hydrogens (primary N) is 1. The Bertz CT molecular complexity index is 281. The van der Waals surface area contributed by atoms with Gasteiger partial charge in [0.15, 0.2) is 0 Å². The molecule has 102 valence electrons. The SMILES string of the molecule is CC1(C)C(C(F)(F)F)CCN1C(=O)CCN.Cl. The lowest BCUT2D eigenvalue weighted by Crippen LogP contribution is -2.50. The summed E-state index contributed by atoms with van der Waals surface area (Å²) in [5.74, 6) is -1.74. The van der Waals surface area contributed by atoms with Gasteiger partial charge in [-0.2, -0.15) is 13.2 Å². The predicted octanol–water partition coefficient (Wildman–Crippen LogP) is 1.95. The number of hydrogen-bond acceptors (Lipinski definition) is 2. The maximum Gasteiger partial charge on any atom is 0.394 e. The van der Waals surface area contributed by atoms with Crippen LogP contribution in [0.3, 0.4) is 0 Å². The van der Waals surface area contributed by atoms with Crippen LogP contribution in [-0.4, -0.2) is 35.6 Å². The van der Waals surface area contributed by atoms with Gasteiger partial charge in [0.2, 0.25) is 5.91 Å². The van der Waals surface area contributed by atoms with E-state index >= 15 is 0 Å². The van der Waals surface area contributed by atoms with Crippen LogP contribution in [0, 0.1) is 5.92 Å². The van der Waals surface area contributed by atoms with Crippen LogP contribution >= 0.6 is 12.4 Å². The Morgan fingerprint density at radius 1 is 1.47 bits per heavy atom. The third kappa shape index (κ3) is 3.25. The van der Waals surface area contributed by atoms with Gasteiger partial charge >= 0.3 is 6.18 Å². The van der Waals surface area contributed by atoms with E-state index in [9.17, 15) is 18.0 Å².